The molecule has 0 unspecified atom stereocenters. The number of hydrogen-bond acceptors (Lipinski definition) is 2. The van der Waals surface area contributed by atoms with Gasteiger partial charge in [-0.3, -0.25) is 4.79 Å². The molecule has 1 amide bonds. The number of halogens is 3. The summed E-state index contributed by atoms with van der Waals surface area (Å²) < 4.78 is 13.4. The largest absolute Gasteiger partial charge is 0.338 e. The highest BCUT2D eigenvalue weighted by atomic mass is 35.5. The van der Waals surface area contributed by atoms with E-state index in [9.17, 15) is 9.18 Å². The summed E-state index contributed by atoms with van der Waals surface area (Å²) in [6.07, 6.45) is 0.945. The Balaban J connectivity index is 2.15. The quantitative estimate of drug-likeness (QED) is 0.871. The zero-order chi connectivity index (χ0) is 14.0. The van der Waals surface area contributed by atoms with Crippen LogP contribution in [-0.4, -0.2) is 37.5 Å². The smallest absolute Gasteiger partial charge is 0.255 e. The van der Waals surface area contributed by atoms with Gasteiger partial charge in [0.05, 0.1) is 15.6 Å². The maximum Gasteiger partial charge on any atom is 0.255 e. The summed E-state index contributed by atoms with van der Waals surface area (Å²) in [5, 5.41) is 3.21. The lowest BCUT2D eigenvalue weighted by atomic mass is 10.1. The molecule has 19 heavy (non-hydrogen) atoms. The predicted octanol–water partition coefficient (Wildman–Crippen LogP) is 2.81. The molecule has 0 aromatic heterocycles. The van der Waals surface area contributed by atoms with Gasteiger partial charge in [0.15, 0.2) is 0 Å². The van der Waals surface area contributed by atoms with Crippen molar-refractivity contribution < 1.29 is 9.18 Å². The molecule has 1 aliphatic heterocycles. The van der Waals surface area contributed by atoms with E-state index in [1.165, 1.54) is 6.07 Å². The molecule has 104 valence electrons. The van der Waals surface area contributed by atoms with Crippen LogP contribution < -0.4 is 5.32 Å². The molecule has 1 fully saturated rings. The molecule has 2 rings (SSSR count). The van der Waals surface area contributed by atoms with Gasteiger partial charge in [0, 0.05) is 13.1 Å². The Morgan fingerprint density at radius 1 is 1.47 bits per heavy atom. The van der Waals surface area contributed by atoms with Crippen molar-refractivity contribution in [3.8, 4) is 0 Å². The molecular weight excluding hydrogens is 290 g/mol. The molecule has 1 aromatic carbocycles. The second-order valence-electron chi connectivity index (χ2n) is 4.71. The lowest BCUT2D eigenvalue weighted by Gasteiger charge is -2.17. The molecule has 3 nitrogen and oxygen atoms in total. The molecule has 1 atom stereocenters. The van der Waals surface area contributed by atoms with Crippen LogP contribution in [0.5, 0.6) is 0 Å². The molecule has 1 saturated heterocycles. The van der Waals surface area contributed by atoms with Crippen LogP contribution in [0.1, 0.15) is 16.8 Å². The highest BCUT2D eigenvalue weighted by Crippen LogP contribution is 2.27. The highest BCUT2D eigenvalue weighted by molar-refractivity contribution is 6.36. The second kappa shape index (κ2) is 6.07. The molecule has 1 aliphatic rings. The van der Waals surface area contributed by atoms with Crippen molar-refractivity contribution in [1.82, 2.24) is 10.2 Å². The standard InChI is InChI=1S/C13H15Cl2FN2O/c1-17-6-8-2-3-18(7-8)13(19)9-4-12(16)11(15)5-10(9)14/h4-5,8,17H,2-3,6-7H2,1H3/t8-/m1/s1. The first-order chi connectivity index (χ1) is 9.02. The average molecular weight is 305 g/mol. The van der Waals surface area contributed by atoms with Crippen molar-refractivity contribution in [1.29, 1.82) is 0 Å². The van der Waals surface area contributed by atoms with E-state index in [0.29, 0.717) is 19.0 Å². The van der Waals surface area contributed by atoms with Gasteiger partial charge >= 0.3 is 0 Å². The predicted molar refractivity (Wildman–Crippen MR) is 74.4 cm³/mol. The van der Waals surface area contributed by atoms with E-state index in [-0.39, 0.29) is 21.5 Å². The van der Waals surface area contributed by atoms with Gasteiger partial charge in [-0.15, -0.1) is 0 Å². The number of hydrogen-bond donors (Lipinski definition) is 1. The maximum atomic E-state index is 13.4. The second-order valence-corrected chi connectivity index (χ2v) is 5.52. The Hall–Kier alpha value is -0.840. The molecule has 1 heterocycles. The van der Waals surface area contributed by atoms with Gasteiger partial charge in [-0.05, 0) is 38.1 Å². The van der Waals surface area contributed by atoms with E-state index in [4.69, 9.17) is 23.2 Å². The number of likely N-dealkylation sites (tertiary alicyclic amines) is 1. The molecule has 0 aliphatic carbocycles. The summed E-state index contributed by atoms with van der Waals surface area (Å²) >= 11 is 11.6. The van der Waals surface area contributed by atoms with Crippen molar-refractivity contribution in [2.75, 3.05) is 26.7 Å². The van der Waals surface area contributed by atoms with Gasteiger partial charge in [-0.25, -0.2) is 4.39 Å². The third-order valence-corrected chi connectivity index (χ3v) is 3.91. The number of nitrogens with zero attached hydrogens (tertiary/aromatic N) is 1. The monoisotopic (exact) mass is 304 g/mol. The summed E-state index contributed by atoms with van der Waals surface area (Å²) in [6, 6.07) is 2.38. The molecule has 0 bridgehead atoms. The first-order valence-electron chi connectivity index (χ1n) is 6.11. The van der Waals surface area contributed by atoms with Crippen LogP contribution in [0.15, 0.2) is 12.1 Å². The van der Waals surface area contributed by atoms with Crippen LogP contribution in [0.2, 0.25) is 10.0 Å². The number of benzene rings is 1. The topological polar surface area (TPSA) is 32.3 Å². The molecule has 1 N–H and O–H groups in total. The van der Waals surface area contributed by atoms with Crippen LogP contribution in [0.4, 0.5) is 4.39 Å². The van der Waals surface area contributed by atoms with E-state index >= 15 is 0 Å². The fraction of sp³-hybridized carbons (Fsp3) is 0.462. The Bertz CT molecular complexity index is 496. The van der Waals surface area contributed by atoms with Crippen molar-refractivity contribution >= 4 is 29.1 Å². The Morgan fingerprint density at radius 2 is 2.21 bits per heavy atom. The van der Waals surface area contributed by atoms with Crippen LogP contribution >= 0.6 is 23.2 Å². The van der Waals surface area contributed by atoms with E-state index < -0.39 is 5.82 Å². The fourth-order valence-corrected chi connectivity index (χ4v) is 2.79. The molecule has 6 heteroatoms. The summed E-state index contributed by atoms with van der Waals surface area (Å²) in [5.74, 6) is -0.426. The van der Waals surface area contributed by atoms with Crippen LogP contribution in [0, 0.1) is 11.7 Å². The van der Waals surface area contributed by atoms with Gasteiger partial charge in [-0.1, -0.05) is 23.2 Å². The summed E-state index contributed by atoms with van der Waals surface area (Å²) in [7, 11) is 1.88. The van der Waals surface area contributed by atoms with Crippen LogP contribution in [0.25, 0.3) is 0 Å². The average Bonchev–Trinajstić information content (AvgIpc) is 2.82. The Kier molecular flexibility index (Phi) is 4.66. The number of rotatable bonds is 3. The van der Waals surface area contributed by atoms with Crippen LogP contribution in [0.3, 0.4) is 0 Å². The van der Waals surface area contributed by atoms with Crippen molar-refractivity contribution in [2.45, 2.75) is 6.42 Å². The minimum absolute atomic E-state index is 0.0731. The van der Waals surface area contributed by atoms with E-state index in [2.05, 4.69) is 5.32 Å². The normalized spacial score (nSPS) is 18.9. The van der Waals surface area contributed by atoms with Crippen molar-refractivity contribution in [3.63, 3.8) is 0 Å². The number of carbonyl (C=O) groups excluding carboxylic acids is 1. The minimum atomic E-state index is -0.625. The third kappa shape index (κ3) is 3.19. The molecule has 1 aromatic rings. The fourth-order valence-electron chi connectivity index (χ4n) is 2.33. The summed E-state index contributed by atoms with van der Waals surface area (Å²) in [4.78, 5) is 14.0. The van der Waals surface area contributed by atoms with E-state index in [1.54, 1.807) is 4.90 Å². The molecule has 0 spiro atoms. The zero-order valence-electron chi connectivity index (χ0n) is 10.5. The van der Waals surface area contributed by atoms with Crippen molar-refractivity contribution in [3.05, 3.63) is 33.6 Å². The van der Waals surface area contributed by atoms with Gasteiger partial charge in [0.1, 0.15) is 5.82 Å². The lowest BCUT2D eigenvalue weighted by Crippen LogP contribution is -2.30. The first kappa shape index (κ1) is 14.6. The zero-order valence-corrected chi connectivity index (χ0v) is 12.1. The highest BCUT2D eigenvalue weighted by Gasteiger charge is 2.28. The van der Waals surface area contributed by atoms with Gasteiger partial charge in [0.2, 0.25) is 0 Å². The number of nitrogens with one attached hydrogen (secondary N) is 1. The van der Waals surface area contributed by atoms with Gasteiger partial charge in [-0.2, -0.15) is 0 Å². The van der Waals surface area contributed by atoms with Crippen molar-refractivity contribution in [2.24, 2.45) is 5.92 Å². The maximum absolute atomic E-state index is 13.4. The first-order valence-corrected chi connectivity index (χ1v) is 6.87. The molecule has 0 saturated carbocycles. The van der Waals surface area contributed by atoms with Gasteiger partial charge in [0.25, 0.3) is 5.91 Å². The van der Waals surface area contributed by atoms with E-state index in [0.717, 1.165) is 19.0 Å². The lowest BCUT2D eigenvalue weighted by molar-refractivity contribution is 0.0787. The third-order valence-electron chi connectivity index (χ3n) is 3.31. The molecule has 0 radical (unpaired) electrons. The Morgan fingerprint density at radius 3 is 2.89 bits per heavy atom. The SMILES string of the molecule is CNC[C@H]1CCN(C(=O)c2cc(F)c(Cl)cc2Cl)C1. The summed E-state index contributed by atoms with van der Waals surface area (Å²) in [6.45, 7) is 2.21. The van der Waals surface area contributed by atoms with Crippen LogP contribution in [-0.2, 0) is 0 Å². The van der Waals surface area contributed by atoms with E-state index in [1.807, 2.05) is 7.05 Å². The number of amides is 1. The molecular formula is C13H15Cl2FN2O. The minimum Gasteiger partial charge on any atom is -0.338 e. The number of carbonyl (C=O) groups is 1. The summed E-state index contributed by atoms with van der Waals surface area (Å²) in [5.41, 5.74) is 0.175. The Labute approximate surface area is 121 Å². The van der Waals surface area contributed by atoms with Gasteiger partial charge < -0.3 is 10.2 Å².